The zero-order valence-electron chi connectivity index (χ0n) is 14.3. The Bertz CT molecular complexity index is 742. The van der Waals surface area contributed by atoms with E-state index in [0.717, 1.165) is 4.90 Å². The van der Waals surface area contributed by atoms with E-state index in [4.69, 9.17) is 10.00 Å². The lowest BCUT2D eigenvalue weighted by Crippen LogP contribution is -2.45. The summed E-state index contributed by atoms with van der Waals surface area (Å²) >= 11 is 0. The number of amides is 4. The molecule has 1 aliphatic heterocycles. The second-order valence-electron chi connectivity index (χ2n) is 6.06. The van der Waals surface area contributed by atoms with Crippen LogP contribution in [0.3, 0.4) is 0 Å². The largest absolute Gasteiger partial charge is 0.383 e. The summed E-state index contributed by atoms with van der Waals surface area (Å²) < 4.78 is 4.93. The molecule has 2 N–H and O–H groups in total. The molecule has 0 bridgehead atoms. The van der Waals surface area contributed by atoms with Crippen molar-refractivity contribution in [3.63, 3.8) is 0 Å². The Hall–Kier alpha value is -2.92. The third-order valence-corrected chi connectivity index (χ3v) is 3.97. The minimum absolute atomic E-state index is 0.239. The molecular formula is C17H20N4O4. The van der Waals surface area contributed by atoms with Gasteiger partial charge >= 0.3 is 6.03 Å². The third kappa shape index (κ3) is 3.78. The number of carbonyl (C=O) groups is 3. The van der Waals surface area contributed by atoms with Crippen molar-refractivity contribution in [3.8, 4) is 6.07 Å². The Morgan fingerprint density at radius 3 is 2.84 bits per heavy atom. The second kappa shape index (κ2) is 7.32. The first kappa shape index (κ1) is 18.4. The number of hydrogen-bond donors (Lipinski definition) is 2. The lowest BCUT2D eigenvalue weighted by molar-refractivity contribution is -0.135. The number of carbonyl (C=O) groups excluding carboxylic acids is 3. The summed E-state index contributed by atoms with van der Waals surface area (Å²) in [5.41, 5.74) is -0.451. The van der Waals surface area contributed by atoms with Gasteiger partial charge in [-0.3, -0.25) is 14.5 Å². The molecule has 8 heteroatoms. The van der Waals surface area contributed by atoms with E-state index in [2.05, 4.69) is 10.6 Å². The molecule has 2 rings (SSSR count). The summed E-state index contributed by atoms with van der Waals surface area (Å²) in [7, 11) is 1.51. The zero-order valence-corrected chi connectivity index (χ0v) is 14.3. The van der Waals surface area contributed by atoms with Gasteiger partial charge in [0.05, 0.1) is 18.2 Å². The van der Waals surface area contributed by atoms with Crippen molar-refractivity contribution in [2.75, 3.05) is 20.3 Å². The molecule has 1 aliphatic rings. The highest BCUT2D eigenvalue weighted by Crippen LogP contribution is 2.29. The van der Waals surface area contributed by atoms with Crippen molar-refractivity contribution in [2.24, 2.45) is 0 Å². The lowest BCUT2D eigenvalue weighted by Gasteiger charge is -2.22. The molecule has 2 atom stereocenters. The van der Waals surface area contributed by atoms with Crippen LogP contribution in [-0.2, 0) is 19.9 Å². The van der Waals surface area contributed by atoms with Crippen molar-refractivity contribution in [1.29, 1.82) is 5.26 Å². The van der Waals surface area contributed by atoms with Crippen molar-refractivity contribution >= 4 is 17.8 Å². The van der Waals surface area contributed by atoms with Crippen molar-refractivity contribution < 1.29 is 19.1 Å². The van der Waals surface area contributed by atoms with E-state index in [-0.39, 0.29) is 12.6 Å². The van der Waals surface area contributed by atoms with Gasteiger partial charge in [-0.15, -0.1) is 0 Å². The first-order valence-corrected chi connectivity index (χ1v) is 7.75. The highest BCUT2D eigenvalue weighted by atomic mass is 16.5. The average molecular weight is 344 g/mol. The maximum atomic E-state index is 12.7. The Labute approximate surface area is 145 Å². The highest BCUT2D eigenvalue weighted by molar-refractivity contribution is 6.09. The zero-order chi connectivity index (χ0) is 18.6. The molecule has 0 radical (unpaired) electrons. The number of nitriles is 1. The van der Waals surface area contributed by atoms with Gasteiger partial charge in [0.1, 0.15) is 12.1 Å². The van der Waals surface area contributed by atoms with Crippen LogP contribution in [0.15, 0.2) is 24.3 Å². The number of methoxy groups -OCH3 is 1. The number of benzene rings is 1. The van der Waals surface area contributed by atoms with E-state index >= 15 is 0 Å². The molecular weight excluding hydrogens is 324 g/mol. The maximum absolute atomic E-state index is 12.7. The van der Waals surface area contributed by atoms with E-state index in [1.54, 1.807) is 38.1 Å². The number of nitrogens with one attached hydrogen (secondary N) is 2. The van der Waals surface area contributed by atoms with Gasteiger partial charge in [-0.25, -0.2) is 4.79 Å². The van der Waals surface area contributed by atoms with Crippen LogP contribution < -0.4 is 10.6 Å². The van der Waals surface area contributed by atoms with Gasteiger partial charge < -0.3 is 15.4 Å². The predicted molar refractivity (Wildman–Crippen MR) is 88.2 cm³/mol. The number of nitrogens with zero attached hydrogens (tertiary/aromatic N) is 2. The van der Waals surface area contributed by atoms with E-state index in [1.165, 1.54) is 7.11 Å². The van der Waals surface area contributed by atoms with Crippen LogP contribution in [0.5, 0.6) is 0 Å². The minimum atomic E-state index is -1.32. The van der Waals surface area contributed by atoms with Gasteiger partial charge in [0.2, 0.25) is 5.91 Å². The molecule has 2 unspecified atom stereocenters. The smallest absolute Gasteiger partial charge is 0.325 e. The van der Waals surface area contributed by atoms with Crippen molar-refractivity contribution in [2.45, 2.75) is 25.4 Å². The lowest BCUT2D eigenvalue weighted by atomic mass is 9.91. The number of hydrogen-bond acceptors (Lipinski definition) is 5. The van der Waals surface area contributed by atoms with Crippen molar-refractivity contribution in [1.82, 2.24) is 15.5 Å². The monoisotopic (exact) mass is 344 g/mol. The molecule has 0 aliphatic carbocycles. The highest BCUT2D eigenvalue weighted by Gasteiger charge is 2.49. The first-order valence-electron chi connectivity index (χ1n) is 7.75. The van der Waals surface area contributed by atoms with Crippen LogP contribution in [-0.4, -0.2) is 49.0 Å². The summed E-state index contributed by atoms with van der Waals surface area (Å²) in [5, 5.41) is 14.3. The molecule has 4 amide bonds. The van der Waals surface area contributed by atoms with Gasteiger partial charge in [0.15, 0.2) is 0 Å². The second-order valence-corrected chi connectivity index (χ2v) is 6.06. The number of urea groups is 1. The summed E-state index contributed by atoms with van der Waals surface area (Å²) in [6.07, 6.45) is 0. The van der Waals surface area contributed by atoms with Gasteiger partial charge in [-0.1, -0.05) is 12.1 Å². The molecule has 25 heavy (non-hydrogen) atoms. The van der Waals surface area contributed by atoms with E-state index in [1.807, 2.05) is 6.07 Å². The summed E-state index contributed by atoms with van der Waals surface area (Å²) in [4.78, 5) is 37.8. The summed E-state index contributed by atoms with van der Waals surface area (Å²) in [5.74, 6) is -0.995. The van der Waals surface area contributed by atoms with Crippen molar-refractivity contribution in [3.05, 3.63) is 35.4 Å². The molecule has 1 fully saturated rings. The SMILES string of the molecule is COCC(C)NC(=O)CN1C(=O)NC(C)(c2cccc(C#N)c2)C1=O. The first-order chi connectivity index (χ1) is 11.8. The molecule has 0 saturated carbocycles. The van der Waals surface area contributed by atoms with Crippen LogP contribution in [0.2, 0.25) is 0 Å². The standard InChI is InChI=1S/C17H20N4O4/c1-11(10-25-3)19-14(22)9-21-15(23)17(2,20-16(21)24)13-6-4-5-12(7-13)8-18/h4-7,11H,9-10H2,1-3H3,(H,19,22)(H,20,24). The van der Waals surface area contributed by atoms with Crippen LogP contribution >= 0.6 is 0 Å². The molecule has 0 spiro atoms. The van der Waals surface area contributed by atoms with E-state index in [0.29, 0.717) is 17.7 Å². The molecule has 8 nitrogen and oxygen atoms in total. The topological polar surface area (TPSA) is 112 Å². The molecule has 1 saturated heterocycles. The Morgan fingerprint density at radius 1 is 1.48 bits per heavy atom. The average Bonchev–Trinajstić information content (AvgIpc) is 2.79. The summed E-state index contributed by atoms with van der Waals surface area (Å²) in [6.45, 7) is 3.25. The number of imide groups is 1. The Morgan fingerprint density at radius 2 is 2.20 bits per heavy atom. The van der Waals surface area contributed by atoms with Crippen LogP contribution in [0, 0.1) is 11.3 Å². The Balaban J connectivity index is 2.16. The fraction of sp³-hybridized carbons (Fsp3) is 0.412. The molecule has 1 aromatic rings. The van der Waals surface area contributed by atoms with E-state index < -0.39 is 23.4 Å². The fourth-order valence-electron chi connectivity index (χ4n) is 2.69. The third-order valence-electron chi connectivity index (χ3n) is 3.97. The van der Waals surface area contributed by atoms with Gasteiger partial charge in [0, 0.05) is 13.2 Å². The fourth-order valence-corrected chi connectivity index (χ4v) is 2.69. The number of rotatable bonds is 6. The van der Waals surface area contributed by atoms with Crippen LogP contribution in [0.25, 0.3) is 0 Å². The van der Waals surface area contributed by atoms with Gasteiger partial charge in [-0.2, -0.15) is 5.26 Å². The predicted octanol–water partition coefficient (Wildman–Crippen LogP) is 0.476. The maximum Gasteiger partial charge on any atom is 0.325 e. The van der Waals surface area contributed by atoms with Gasteiger partial charge in [-0.05, 0) is 31.5 Å². The molecule has 1 heterocycles. The van der Waals surface area contributed by atoms with E-state index in [9.17, 15) is 14.4 Å². The normalized spacial score (nSPS) is 20.8. The minimum Gasteiger partial charge on any atom is -0.383 e. The quantitative estimate of drug-likeness (QED) is 0.729. The molecule has 0 aromatic heterocycles. The van der Waals surface area contributed by atoms with Gasteiger partial charge in [0.25, 0.3) is 5.91 Å². The Kier molecular flexibility index (Phi) is 5.39. The summed E-state index contributed by atoms with van der Waals surface area (Å²) in [6, 6.07) is 7.56. The number of ether oxygens (including phenoxy) is 1. The van der Waals surface area contributed by atoms with Crippen LogP contribution in [0.1, 0.15) is 25.0 Å². The molecule has 1 aromatic carbocycles. The molecule has 132 valence electrons. The van der Waals surface area contributed by atoms with Crippen LogP contribution in [0.4, 0.5) is 4.79 Å².